The van der Waals surface area contributed by atoms with E-state index in [2.05, 4.69) is 0 Å². The van der Waals surface area contributed by atoms with Crippen molar-refractivity contribution in [2.45, 2.75) is 50.6 Å². The molecule has 3 heteroatoms. The Morgan fingerprint density at radius 3 is 2.35 bits per heavy atom. The molecule has 17 heavy (non-hydrogen) atoms. The molecule has 0 radical (unpaired) electrons. The zero-order chi connectivity index (χ0) is 11.8. The van der Waals surface area contributed by atoms with Crippen molar-refractivity contribution in [3.05, 3.63) is 35.9 Å². The van der Waals surface area contributed by atoms with E-state index in [9.17, 15) is 0 Å². The maximum atomic E-state index is 6.12. The predicted molar refractivity (Wildman–Crippen MR) is 62.9 cm³/mol. The summed E-state index contributed by atoms with van der Waals surface area (Å²) in [5, 5.41) is 0. The molecule has 1 saturated heterocycles. The fourth-order valence-electron chi connectivity index (χ4n) is 2.67. The highest BCUT2D eigenvalue weighted by molar-refractivity contribution is 5.20. The minimum atomic E-state index is -0.765. The van der Waals surface area contributed by atoms with Crippen LogP contribution in [0.1, 0.15) is 44.6 Å². The van der Waals surface area contributed by atoms with Crippen molar-refractivity contribution in [3.8, 4) is 0 Å². The van der Waals surface area contributed by atoms with Gasteiger partial charge in [-0.05, 0) is 19.8 Å². The van der Waals surface area contributed by atoms with Gasteiger partial charge in [-0.25, -0.2) is 0 Å². The van der Waals surface area contributed by atoms with E-state index in [0.29, 0.717) is 0 Å². The van der Waals surface area contributed by atoms with E-state index in [1.807, 2.05) is 37.3 Å². The molecule has 0 unspecified atom stereocenters. The molecule has 1 spiro atoms. The Morgan fingerprint density at radius 1 is 0.941 bits per heavy atom. The van der Waals surface area contributed by atoms with Crippen molar-refractivity contribution < 1.29 is 14.5 Å². The molecule has 0 aromatic heterocycles. The minimum Gasteiger partial charge on any atom is -0.308 e. The molecular formula is C14H18O3. The van der Waals surface area contributed by atoms with E-state index >= 15 is 0 Å². The van der Waals surface area contributed by atoms with E-state index in [1.165, 1.54) is 6.42 Å². The smallest absolute Gasteiger partial charge is 0.227 e. The molecule has 1 aliphatic carbocycles. The van der Waals surface area contributed by atoms with Crippen molar-refractivity contribution in [2.24, 2.45) is 0 Å². The van der Waals surface area contributed by atoms with Gasteiger partial charge in [0.2, 0.25) is 11.6 Å². The molecule has 1 aliphatic heterocycles. The summed E-state index contributed by atoms with van der Waals surface area (Å²) in [4.78, 5) is 11.0. The van der Waals surface area contributed by atoms with Crippen LogP contribution in [0.4, 0.5) is 0 Å². The first-order valence-corrected chi connectivity index (χ1v) is 6.35. The zero-order valence-electron chi connectivity index (χ0n) is 10.1. The number of hydrogen-bond acceptors (Lipinski definition) is 3. The van der Waals surface area contributed by atoms with Crippen LogP contribution in [-0.4, -0.2) is 5.79 Å². The molecule has 0 amide bonds. The Balaban J connectivity index is 1.82. The van der Waals surface area contributed by atoms with Gasteiger partial charge >= 0.3 is 0 Å². The van der Waals surface area contributed by atoms with Crippen LogP contribution in [0.3, 0.4) is 0 Å². The minimum absolute atomic E-state index is 0.511. The van der Waals surface area contributed by atoms with Gasteiger partial charge < -0.3 is 4.74 Å². The maximum Gasteiger partial charge on any atom is 0.227 e. The average Bonchev–Trinajstić information content (AvgIpc) is 2.70. The van der Waals surface area contributed by atoms with E-state index in [-0.39, 0.29) is 0 Å². The zero-order valence-corrected chi connectivity index (χ0v) is 10.1. The van der Waals surface area contributed by atoms with Gasteiger partial charge in [0.25, 0.3) is 0 Å². The second kappa shape index (κ2) is 4.09. The first kappa shape index (κ1) is 11.2. The Hall–Kier alpha value is -0.900. The van der Waals surface area contributed by atoms with Crippen LogP contribution in [0.15, 0.2) is 30.3 Å². The fourth-order valence-corrected chi connectivity index (χ4v) is 2.67. The van der Waals surface area contributed by atoms with E-state index < -0.39 is 11.6 Å². The van der Waals surface area contributed by atoms with Crippen molar-refractivity contribution in [1.82, 2.24) is 0 Å². The SMILES string of the molecule is C[C@@]1(c2ccccc2)OOC2(CCCCC2)O1. The molecule has 1 heterocycles. The summed E-state index contributed by atoms with van der Waals surface area (Å²) >= 11 is 0. The van der Waals surface area contributed by atoms with Gasteiger partial charge in [-0.2, -0.15) is 9.78 Å². The lowest BCUT2D eigenvalue weighted by molar-refractivity contribution is -0.354. The highest BCUT2D eigenvalue weighted by Gasteiger charge is 2.51. The van der Waals surface area contributed by atoms with Crippen molar-refractivity contribution in [2.75, 3.05) is 0 Å². The quantitative estimate of drug-likeness (QED) is 0.696. The molecule has 0 N–H and O–H groups in total. The van der Waals surface area contributed by atoms with Gasteiger partial charge in [-0.3, -0.25) is 0 Å². The largest absolute Gasteiger partial charge is 0.308 e. The van der Waals surface area contributed by atoms with Crippen LogP contribution in [0.5, 0.6) is 0 Å². The number of rotatable bonds is 1. The van der Waals surface area contributed by atoms with Crippen LogP contribution >= 0.6 is 0 Å². The molecule has 1 aromatic carbocycles. The lowest BCUT2D eigenvalue weighted by atomic mass is 9.94. The van der Waals surface area contributed by atoms with Crippen molar-refractivity contribution in [1.29, 1.82) is 0 Å². The van der Waals surface area contributed by atoms with Crippen molar-refractivity contribution >= 4 is 0 Å². The van der Waals surface area contributed by atoms with E-state index in [4.69, 9.17) is 14.5 Å². The predicted octanol–water partition coefficient (Wildman–Crippen LogP) is 3.50. The number of ether oxygens (including phenoxy) is 1. The molecule has 2 fully saturated rings. The van der Waals surface area contributed by atoms with Gasteiger partial charge in [0.05, 0.1) is 0 Å². The Labute approximate surface area is 102 Å². The monoisotopic (exact) mass is 234 g/mol. The molecule has 1 atom stereocenters. The number of hydrogen-bond donors (Lipinski definition) is 0. The first-order chi connectivity index (χ1) is 8.23. The first-order valence-electron chi connectivity index (χ1n) is 6.35. The lowest BCUT2D eigenvalue weighted by Gasteiger charge is -2.30. The topological polar surface area (TPSA) is 27.7 Å². The number of benzene rings is 1. The second-order valence-electron chi connectivity index (χ2n) is 5.05. The molecule has 1 saturated carbocycles. The molecule has 2 aliphatic rings. The summed E-state index contributed by atoms with van der Waals surface area (Å²) in [5.74, 6) is -1.28. The second-order valence-corrected chi connectivity index (χ2v) is 5.05. The van der Waals surface area contributed by atoms with Crippen LogP contribution in [0.25, 0.3) is 0 Å². The molecule has 0 bridgehead atoms. The summed E-state index contributed by atoms with van der Waals surface area (Å²) < 4.78 is 6.12. The van der Waals surface area contributed by atoms with Crippen LogP contribution in [0, 0.1) is 0 Å². The summed E-state index contributed by atoms with van der Waals surface area (Å²) in [6, 6.07) is 9.97. The summed E-state index contributed by atoms with van der Waals surface area (Å²) in [6.07, 6.45) is 5.41. The van der Waals surface area contributed by atoms with Crippen LogP contribution < -0.4 is 0 Å². The Kier molecular flexibility index (Phi) is 2.69. The molecule has 3 nitrogen and oxygen atoms in total. The van der Waals surface area contributed by atoms with Crippen LogP contribution in [0.2, 0.25) is 0 Å². The molecule has 3 rings (SSSR count). The lowest BCUT2D eigenvalue weighted by Crippen LogP contribution is -2.35. The van der Waals surface area contributed by atoms with Gasteiger partial charge in [0.1, 0.15) is 0 Å². The van der Waals surface area contributed by atoms with Gasteiger partial charge in [-0.1, -0.05) is 36.8 Å². The standard InChI is InChI=1S/C14H18O3/c1-13(12-8-4-2-5-9-12)15-14(17-16-13)10-6-3-7-11-14/h2,4-5,8-9H,3,6-7,10-11H2,1H3/t13-/m0/s1. The third-order valence-corrected chi connectivity index (χ3v) is 3.65. The van der Waals surface area contributed by atoms with Gasteiger partial charge in [0.15, 0.2) is 0 Å². The third kappa shape index (κ3) is 1.99. The Bertz CT molecular complexity index is 384. The van der Waals surface area contributed by atoms with Crippen LogP contribution in [-0.2, 0) is 20.3 Å². The Morgan fingerprint density at radius 2 is 1.65 bits per heavy atom. The van der Waals surface area contributed by atoms with Crippen molar-refractivity contribution in [3.63, 3.8) is 0 Å². The highest BCUT2D eigenvalue weighted by atomic mass is 17.3. The fraction of sp³-hybridized carbons (Fsp3) is 0.571. The normalized spacial score (nSPS) is 31.8. The highest BCUT2D eigenvalue weighted by Crippen LogP contribution is 2.46. The summed E-state index contributed by atoms with van der Waals surface area (Å²) in [6.45, 7) is 1.92. The summed E-state index contributed by atoms with van der Waals surface area (Å²) in [7, 11) is 0. The average molecular weight is 234 g/mol. The third-order valence-electron chi connectivity index (χ3n) is 3.65. The maximum absolute atomic E-state index is 6.12. The molecular weight excluding hydrogens is 216 g/mol. The molecule has 1 aromatic rings. The van der Waals surface area contributed by atoms with Gasteiger partial charge in [0, 0.05) is 18.4 Å². The van der Waals surface area contributed by atoms with E-state index in [0.717, 1.165) is 31.2 Å². The summed E-state index contributed by atoms with van der Waals surface area (Å²) in [5.41, 5.74) is 1.00. The van der Waals surface area contributed by atoms with E-state index in [1.54, 1.807) is 0 Å². The van der Waals surface area contributed by atoms with Gasteiger partial charge in [-0.15, -0.1) is 0 Å². The molecule has 92 valence electrons.